The van der Waals surface area contributed by atoms with Gasteiger partial charge in [-0.1, -0.05) is 20.8 Å². The second-order valence-electron chi connectivity index (χ2n) is 7.50. The van der Waals surface area contributed by atoms with Crippen LogP contribution in [0.3, 0.4) is 0 Å². The van der Waals surface area contributed by atoms with Crippen LogP contribution in [0.5, 0.6) is 0 Å². The summed E-state index contributed by atoms with van der Waals surface area (Å²) < 4.78 is 9.35. The standard InChI is InChI=1S/C16H26BrN3OSi/c1-11(21-22(6,7)16(3,4)5)9-20-10-14-15(19-20)12(2)13(17)8-18-14/h8,10-11H,9H2,1-7H3. The first-order valence-electron chi connectivity index (χ1n) is 7.67. The third-order valence-electron chi connectivity index (χ3n) is 4.52. The summed E-state index contributed by atoms with van der Waals surface area (Å²) in [5, 5.41) is 4.89. The number of fused-ring (bicyclic) bond motifs is 1. The number of nitrogens with zero attached hydrogens (tertiary/aromatic N) is 3. The zero-order chi connectivity index (χ0) is 16.7. The maximum absolute atomic E-state index is 6.40. The summed E-state index contributed by atoms with van der Waals surface area (Å²) in [6.45, 7) is 16.3. The molecule has 0 saturated heterocycles. The fraction of sp³-hybridized carbons (Fsp3) is 0.625. The highest BCUT2D eigenvalue weighted by atomic mass is 79.9. The summed E-state index contributed by atoms with van der Waals surface area (Å²) in [6.07, 6.45) is 3.97. The van der Waals surface area contributed by atoms with E-state index < -0.39 is 8.32 Å². The first-order chi connectivity index (χ1) is 10.0. The van der Waals surface area contributed by atoms with Gasteiger partial charge in [0.2, 0.25) is 0 Å². The number of rotatable bonds is 4. The van der Waals surface area contributed by atoms with Crippen LogP contribution >= 0.6 is 15.9 Å². The topological polar surface area (TPSA) is 39.9 Å². The number of hydrogen-bond acceptors (Lipinski definition) is 3. The molecule has 0 aliphatic rings. The molecule has 2 aromatic heterocycles. The molecule has 0 spiro atoms. The molecule has 22 heavy (non-hydrogen) atoms. The van der Waals surface area contributed by atoms with Crippen molar-refractivity contribution in [1.29, 1.82) is 0 Å². The summed E-state index contributed by atoms with van der Waals surface area (Å²) in [4.78, 5) is 4.42. The molecule has 0 radical (unpaired) electrons. The van der Waals surface area contributed by atoms with Crippen LogP contribution in [0.15, 0.2) is 16.9 Å². The lowest BCUT2D eigenvalue weighted by Crippen LogP contribution is -2.44. The van der Waals surface area contributed by atoms with Crippen molar-refractivity contribution < 1.29 is 4.43 Å². The summed E-state index contributed by atoms with van der Waals surface area (Å²) in [7, 11) is -1.74. The molecular formula is C16H26BrN3OSi. The molecule has 2 rings (SSSR count). The number of hydrogen-bond donors (Lipinski definition) is 0. The van der Waals surface area contributed by atoms with Gasteiger partial charge in [0.15, 0.2) is 8.32 Å². The zero-order valence-electron chi connectivity index (χ0n) is 14.6. The highest BCUT2D eigenvalue weighted by Gasteiger charge is 2.38. The summed E-state index contributed by atoms with van der Waals surface area (Å²) in [5.74, 6) is 0. The van der Waals surface area contributed by atoms with Crippen molar-refractivity contribution >= 4 is 35.3 Å². The molecule has 0 aromatic carbocycles. The monoisotopic (exact) mass is 383 g/mol. The fourth-order valence-electron chi connectivity index (χ4n) is 2.18. The second-order valence-corrected chi connectivity index (χ2v) is 13.1. The van der Waals surface area contributed by atoms with Gasteiger partial charge in [-0.3, -0.25) is 9.67 Å². The number of halogens is 1. The van der Waals surface area contributed by atoms with Gasteiger partial charge < -0.3 is 4.43 Å². The van der Waals surface area contributed by atoms with Crippen LogP contribution in [0.2, 0.25) is 18.1 Å². The molecule has 2 heterocycles. The van der Waals surface area contributed by atoms with Crippen LogP contribution in [-0.4, -0.2) is 29.2 Å². The lowest BCUT2D eigenvalue weighted by molar-refractivity contribution is 0.174. The van der Waals surface area contributed by atoms with Crippen LogP contribution in [-0.2, 0) is 11.0 Å². The molecular weight excluding hydrogens is 358 g/mol. The van der Waals surface area contributed by atoms with Crippen molar-refractivity contribution in [1.82, 2.24) is 14.8 Å². The molecule has 4 nitrogen and oxygen atoms in total. The van der Waals surface area contributed by atoms with Gasteiger partial charge >= 0.3 is 0 Å². The van der Waals surface area contributed by atoms with E-state index in [0.29, 0.717) is 0 Å². The quantitative estimate of drug-likeness (QED) is 0.703. The smallest absolute Gasteiger partial charge is 0.192 e. The number of aromatic nitrogens is 3. The van der Waals surface area contributed by atoms with Gasteiger partial charge in [-0.15, -0.1) is 0 Å². The minimum atomic E-state index is -1.74. The van der Waals surface area contributed by atoms with E-state index in [-0.39, 0.29) is 11.1 Å². The van der Waals surface area contributed by atoms with Crippen molar-refractivity contribution in [2.75, 3.05) is 0 Å². The zero-order valence-corrected chi connectivity index (χ0v) is 17.2. The second kappa shape index (κ2) is 6.05. The Hall–Kier alpha value is -0.723. The van der Waals surface area contributed by atoms with E-state index in [9.17, 15) is 0 Å². The number of pyridine rings is 1. The Morgan fingerprint density at radius 2 is 2.00 bits per heavy atom. The normalized spacial score (nSPS) is 14.5. The predicted octanol–water partition coefficient (Wildman–Crippen LogP) is 4.91. The van der Waals surface area contributed by atoms with Gasteiger partial charge in [-0.25, -0.2) is 0 Å². The molecule has 0 N–H and O–H groups in total. The maximum atomic E-state index is 6.40. The minimum absolute atomic E-state index is 0.138. The molecule has 0 fully saturated rings. The Kier molecular flexibility index (Phi) is 4.85. The van der Waals surface area contributed by atoms with E-state index in [1.54, 1.807) is 0 Å². The van der Waals surface area contributed by atoms with Crippen molar-refractivity contribution in [2.24, 2.45) is 0 Å². The van der Waals surface area contributed by atoms with E-state index >= 15 is 0 Å². The Morgan fingerprint density at radius 3 is 2.59 bits per heavy atom. The highest BCUT2D eigenvalue weighted by molar-refractivity contribution is 9.10. The Balaban J connectivity index is 2.16. The van der Waals surface area contributed by atoms with Crippen LogP contribution in [0, 0.1) is 6.92 Å². The van der Waals surface area contributed by atoms with E-state index in [0.717, 1.165) is 27.6 Å². The molecule has 122 valence electrons. The van der Waals surface area contributed by atoms with E-state index in [2.05, 4.69) is 73.7 Å². The molecule has 6 heteroatoms. The van der Waals surface area contributed by atoms with E-state index in [1.807, 2.05) is 17.1 Å². The molecule has 0 aliphatic carbocycles. The Bertz CT molecular complexity index is 676. The van der Waals surface area contributed by atoms with Crippen molar-refractivity contribution in [3.05, 3.63) is 22.4 Å². The molecule has 0 bridgehead atoms. The fourth-order valence-corrected chi connectivity index (χ4v) is 3.91. The highest BCUT2D eigenvalue weighted by Crippen LogP contribution is 2.37. The first-order valence-corrected chi connectivity index (χ1v) is 11.4. The Labute approximate surface area is 142 Å². The first kappa shape index (κ1) is 17.6. The van der Waals surface area contributed by atoms with Crippen LogP contribution in [0.4, 0.5) is 0 Å². The predicted molar refractivity (Wildman–Crippen MR) is 97.7 cm³/mol. The Morgan fingerprint density at radius 1 is 1.36 bits per heavy atom. The molecule has 0 aliphatic heterocycles. The van der Waals surface area contributed by atoms with Crippen molar-refractivity contribution in [3.63, 3.8) is 0 Å². The van der Waals surface area contributed by atoms with Gasteiger partial charge in [-0.2, -0.15) is 5.10 Å². The van der Waals surface area contributed by atoms with Crippen molar-refractivity contribution in [3.8, 4) is 0 Å². The van der Waals surface area contributed by atoms with E-state index in [4.69, 9.17) is 4.43 Å². The lowest BCUT2D eigenvalue weighted by atomic mass is 10.2. The molecule has 2 aromatic rings. The van der Waals surface area contributed by atoms with Crippen molar-refractivity contribution in [2.45, 2.75) is 65.4 Å². The lowest BCUT2D eigenvalue weighted by Gasteiger charge is -2.38. The van der Waals surface area contributed by atoms with Gasteiger partial charge in [0.1, 0.15) is 11.0 Å². The number of aryl methyl sites for hydroxylation is 1. The van der Waals surface area contributed by atoms with Gasteiger partial charge in [0.05, 0.1) is 18.8 Å². The largest absolute Gasteiger partial charge is 0.412 e. The third-order valence-corrected chi connectivity index (χ3v) is 9.92. The van der Waals surface area contributed by atoms with Gasteiger partial charge in [-0.05, 0) is 53.5 Å². The molecule has 1 atom stereocenters. The SMILES string of the molecule is Cc1c(Br)cnc2cn(CC(C)O[Si](C)(C)C(C)(C)C)nc12. The summed E-state index contributed by atoms with van der Waals surface area (Å²) >= 11 is 3.51. The van der Waals surface area contributed by atoms with Crippen LogP contribution in [0.25, 0.3) is 11.0 Å². The summed E-state index contributed by atoms with van der Waals surface area (Å²) in [5.41, 5.74) is 3.01. The van der Waals surface area contributed by atoms with Gasteiger partial charge in [0.25, 0.3) is 0 Å². The maximum Gasteiger partial charge on any atom is 0.192 e. The third kappa shape index (κ3) is 3.60. The van der Waals surface area contributed by atoms with Crippen LogP contribution < -0.4 is 0 Å². The van der Waals surface area contributed by atoms with Gasteiger partial charge in [0, 0.05) is 10.7 Å². The van der Waals surface area contributed by atoms with E-state index in [1.165, 1.54) is 0 Å². The minimum Gasteiger partial charge on any atom is -0.412 e. The average Bonchev–Trinajstić information content (AvgIpc) is 2.75. The molecule has 0 saturated carbocycles. The molecule has 1 unspecified atom stereocenters. The average molecular weight is 384 g/mol. The molecule has 0 amide bonds. The van der Waals surface area contributed by atoms with Crippen LogP contribution in [0.1, 0.15) is 33.3 Å². The summed E-state index contributed by atoms with van der Waals surface area (Å²) in [6, 6.07) is 0.